The molecule has 0 bridgehead atoms. The molecular formula is C13H21BrN2S. The fourth-order valence-electron chi connectivity index (χ4n) is 1.46. The molecule has 0 saturated heterocycles. The third-order valence-corrected chi connectivity index (χ3v) is 4.61. The zero-order valence-corrected chi connectivity index (χ0v) is 13.1. The molecule has 1 atom stereocenters. The molecule has 1 heterocycles. The maximum Gasteiger partial charge on any atom is 0.110 e. The highest BCUT2D eigenvalue weighted by Gasteiger charge is 2.13. The predicted molar refractivity (Wildman–Crippen MR) is 79.6 cm³/mol. The van der Waals surface area contributed by atoms with Crippen molar-refractivity contribution in [1.29, 1.82) is 0 Å². The Morgan fingerprint density at radius 3 is 2.82 bits per heavy atom. The third kappa shape index (κ3) is 5.40. The largest absolute Gasteiger partial charge is 0.313 e. The van der Waals surface area contributed by atoms with Gasteiger partial charge >= 0.3 is 0 Å². The number of rotatable bonds is 7. The summed E-state index contributed by atoms with van der Waals surface area (Å²) >= 11 is 5.35. The maximum absolute atomic E-state index is 4.38. The van der Waals surface area contributed by atoms with Crippen LogP contribution in [0, 0.1) is 5.92 Å². The van der Waals surface area contributed by atoms with Crippen LogP contribution in [-0.4, -0.2) is 23.3 Å². The molecule has 1 aromatic rings. The van der Waals surface area contributed by atoms with Crippen LogP contribution in [0.25, 0.3) is 0 Å². The average molecular weight is 317 g/mol. The third-order valence-electron chi connectivity index (χ3n) is 2.59. The molecule has 0 spiro atoms. The summed E-state index contributed by atoms with van der Waals surface area (Å²) in [4.78, 5) is 4.38. The van der Waals surface area contributed by atoms with Crippen molar-refractivity contribution in [1.82, 2.24) is 10.3 Å². The second kappa shape index (κ2) is 8.11. The first-order valence-electron chi connectivity index (χ1n) is 6.11. The molecular weight excluding hydrogens is 296 g/mol. The van der Waals surface area contributed by atoms with E-state index in [1.165, 1.54) is 6.42 Å². The fraction of sp³-hybridized carbons (Fsp3) is 0.615. The van der Waals surface area contributed by atoms with Crippen LogP contribution in [0.4, 0.5) is 0 Å². The van der Waals surface area contributed by atoms with Crippen molar-refractivity contribution < 1.29 is 0 Å². The molecule has 0 aromatic carbocycles. The number of hydrogen-bond acceptors (Lipinski definition) is 3. The van der Waals surface area contributed by atoms with Crippen molar-refractivity contribution in [2.75, 3.05) is 12.3 Å². The Labute approximate surface area is 117 Å². The van der Waals surface area contributed by atoms with E-state index in [4.69, 9.17) is 0 Å². The molecule has 2 nitrogen and oxygen atoms in total. The lowest BCUT2D eigenvalue weighted by Gasteiger charge is -2.21. The summed E-state index contributed by atoms with van der Waals surface area (Å²) in [6.07, 6.45) is 3.03. The lowest BCUT2D eigenvalue weighted by Crippen LogP contribution is -2.36. The zero-order chi connectivity index (χ0) is 12.7. The summed E-state index contributed by atoms with van der Waals surface area (Å²) in [6, 6.07) is 4.54. The molecule has 0 saturated carbocycles. The number of halogens is 1. The molecule has 0 radical (unpaired) electrons. The molecule has 0 aliphatic heterocycles. The second-order valence-electron chi connectivity index (χ2n) is 4.41. The van der Waals surface area contributed by atoms with E-state index in [-0.39, 0.29) is 0 Å². The van der Waals surface area contributed by atoms with Gasteiger partial charge < -0.3 is 5.32 Å². The van der Waals surface area contributed by atoms with Gasteiger partial charge in [-0.25, -0.2) is 4.98 Å². The van der Waals surface area contributed by atoms with Crippen LogP contribution in [0.3, 0.4) is 0 Å². The normalized spacial score (nSPS) is 13.0. The quantitative estimate of drug-likeness (QED) is 0.771. The van der Waals surface area contributed by atoms with Crippen molar-refractivity contribution in [2.24, 2.45) is 5.92 Å². The van der Waals surface area contributed by atoms with Crippen molar-refractivity contribution in [3.8, 4) is 0 Å². The van der Waals surface area contributed by atoms with Gasteiger partial charge in [0.2, 0.25) is 0 Å². The van der Waals surface area contributed by atoms with Gasteiger partial charge in [0.05, 0.1) is 0 Å². The van der Waals surface area contributed by atoms with Gasteiger partial charge in [0.25, 0.3) is 0 Å². The van der Waals surface area contributed by atoms with Gasteiger partial charge in [0, 0.05) is 22.5 Å². The molecule has 1 rings (SSSR count). The monoisotopic (exact) mass is 316 g/mol. The number of nitrogens with zero attached hydrogens (tertiary/aromatic N) is 1. The summed E-state index contributed by atoms with van der Waals surface area (Å²) in [5.74, 6) is 1.71. The second-order valence-corrected chi connectivity index (χ2v) is 6.27. The average Bonchev–Trinajstić information content (AvgIpc) is 2.31. The van der Waals surface area contributed by atoms with Gasteiger partial charge in [-0.05, 0) is 46.9 Å². The highest BCUT2D eigenvalue weighted by Crippen LogP contribution is 2.26. The molecule has 1 unspecified atom stereocenters. The topological polar surface area (TPSA) is 24.9 Å². The summed E-state index contributed by atoms with van der Waals surface area (Å²) in [5.41, 5.74) is 0. The molecule has 96 valence electrons. The first-order valence-corrected chi connectivity index (χ1v) is 7.89. The zero-order valence-electron chi connectivity index (χ0n) is 10.7. The highest BCUT2D eigenvalue weighted by molar-refractivity contribution is 9.10. The minimum Gasteiger partial charge on any atom is -0.313 e. The van der Waals surface area contributed by atoms with Crippen molar-refractivity contribution in [3.63, 3.8) is 0 Å². The standard InChI is InChI=1S/C13H21BrN2S/c1-4-7-15-12(10(2)3)9-17-13-11(14)6-5-8-16-13/h5-6,8,10,12,15H,4,7,9H2,1-3H3. The van der Waals surface area contributed by atoms with Gasteiger partial charge in [-0.15, -0.1) is 11.8 Å². The van der Waals surface area contributed by atoms with E-state index < -0.39 is 0 Å². The molecule has 0 fully saturated rings. The van der Waals surface area contributed by atoms with Crippen LogP contribution in [-0.2, 0) is 0 Å². The maximum atomic E-state index is 4.38. The summed E-state index contributed by atoms with van der Waals surface area (Å²) < 4.78 is 1.09. The van der Waals surface area contributed by atoms with Crippen molar-refractivity contribution in [3.05, 3.63) is 22.8 Å². The van der Waals surface area contributed by atoms with Crippen LogP contribution < -0.4 is 5.32 Å². The number of nitrogens with one attached hydrogen (secondary N) is 1. The van der Waals surface area contributed by atoms with E-state index in [0.717, 1.165) is 21.8 Å². The molecule has 4 heteroatoms. The van der Waals surface area contributed by atoms with Gasteiger partial charge in [-0.1, -0.05) is 20.8 Å². The molecule has 17 heavy (non-hydrogen) atoms. The lowest BCUT2D eigenvalue weighted by atomic mass is 10.1. The van der Waals surface area contributed by atoms with E-state index in [2.05, 4.69) is 47.0 Å². The minimum atomic E-state index is 0.550. The van der Waals surface area contributed by atoms with Crippen LogP contribution in [0.1, 0.15) is 27.2 Å². The Morgan fingerprint density at radius 1 is 1.47 bits per heavy atom. The predicted octanol–water partition coefficient (Wildman–Crippen LogP) is 3.96. The van der Waals surface area contributed by atoms with E-state index in [1.807, 2.05) is 30.1 Å². The highest BCUT2D eigenvalue weighted by atomic mass is 79.9. The van der Waals surface area contributed by atoms with Gasteiger partial charge in [0.15, 0.2) is 0 Å². The first-order chi connectivity index (χ1) is 8.15. The fourth-order valence-corrected chi connectivity index (χ4v) is 3.24. The van der Waals surface area contributed by atoms with E-state index in [9.17, 15) is 0 Å². The minimum absolute atomic E-state index is 0.550. The van der Waals surface area contributed by atoms with Gasteiger partial charge in [0.1, 0.15) is 5.03 Å². The van der Waals surface area contributed by atoms with Crippen LogP contribution in [0.15, 0.2) is 27.8 Å². The Morgan fingerprint density at radius 2 is 2.24 bits per heavy atom. The Bertz CT molecular complexity index is 331. The van der Waals surface area contributed by atoms with Crippen LogP contribution >= 0.6 is 27.7 Å². The number of hydrogen-bond donors (Lipinski definition) is 1. The van der Waals surface area contributed by atoms with Crippen molar-refractivity contribution in [2.45, 2.75) is 38.3 Å². The first kappa shape index (κ1) is 15.0. The van der Waals surface area contributed by atoms with Crippen LogP contribution in [0.5, 0.6) is 0 Å². The van der Waals surface area contributed by atoms with Crippen molar-refractivity contribution >= 4 is 27.7 Å². The molecule has 0 amide bonds. The SMILES string of the molecule is CCCNC(CSc1ncccc1Br)C(C)C. The summed E-state index contributed by atoms with van der Waals surface area (Å²) in [5, 5.41) is 4.67. The summed E-state index contributed by atoms with van der Waals surface area (Å²) in [7, 11) is 0. The van der Waals surface area contributed by atoms with Gasteiger partial charge in [-0.3, -0.25) is 0 Å². The lowest BCUT2D eigenvalue weighted by molar-refractivity contribution is 0.434. The van der Waals surface area contributed by atoms with Crippen LogP contribution in [0.2, 0.25) is 0 Å². The van der Waals surface area contributed by atoms with E-state index >= 15 is 0 Å². The summed E-state index contributed by atoms with van der Waals surface area (Å²) in [6.45, 7) is 7.82. The van der Waals surface area contributed by atoms with E-state index in [0.29, 0.717) is 12.0 Å². The number of pyridine rings is 1. The molecule has 0 aliphatic carbocycles. The smallest absolute Gasteiger partial charge is 0.110 e. The molecule has 0 aliphatic rings. The number of thioether (sulfide) groups is 1. The molecule has 1 N–H and O–H groups in total. The Kier molecular flexibility index (Phi) is 7.16. The Hall–Kier alpha value is -0.0600. The molecule has 1 aromatic heterocycles. The Balaban J connectivity index is 2.49. The van der Waals surface area contributed by atoms with Gasteiger partial charge in [-0.2, -0.15) is 0 Å². The van der Waals surface area contributed by atoms with E-state index in [1.54, 1.807) is 0 Å². The number of aromatic nitrogens is 1.